The molecule has 0 fully saturated rings. The monoisotopic (exact) mass is 471 g/mol. The highest BCUT2D eigenvalue weighted by Gasteiger charge is 2.26. The Morgan fingerprint density at radius 2 is 1.31 bits per heavy atom. The minimum Gasteiger partial charge on any atom is -0.224 e. The minimum absolute atomic E-state index is 0.0236. The summed E-state index contributed by atoms with van der Waals surface area (Å²) in [5.74, 6) is -0.739. The predicted octanol–water partition coefficient (Wildman–Crippen LogP) is 4.46. The normalized spacial score (nSPS) is 13.1. The van der Waals surface area contributed by atoms with E-state index in [-0.39, 0.29) is 22.1 Å². The molecule has 1 N–H and O–H groups in total. The molecule has 0 aliphatic carbocycles. The highest BCUT2D eigenvalue weighted by Crippen LogP contribution is 2.25. The zero-order chi connectivity index (χ0) is 23.5. The lowest BCUT2D eigenvalue weighted by molar-refractivity contribution is 0.566. The van der Waals surface area contributed by atoms with E-state index in [9.17, 15) is 16.8 Å². The molecular formula is C25H29NO4S2. The lowest BCUT2D eigenvalue weighted by Gasteiger charge is -2.20. The summed E-state index contributed by atoms with van der Waals surface area (Å²) in [6.45, 7) is 7.33. The zero-order valence-electron chi connectivity index (χ0n) is 18.8. The Bertz CT molecular complexity index is 1270. The molecule has 0 aliphatic rings. The predicted molar refractivity (Wildman–Crippen MR) is 128 cm³/mol. The molecule has 0 bridgehead atoms. The van der Waals surface area contributed by atoms with Crippen molar-refractivity contribution in [3.63, 3.8) is 0 Å². The van der Waals surface area contributed by atoms with Crippen LogP contribution in [0, 0.1) is 27.7 Å². The van der Waals surface area contributed by atoms with Crippen molar-refractivity contribution in [2.75, 3.05) is 12.3 Å². The van der Waals surface area contributed by atoms with E-state index in [1.807, 2.05) is 56.3 Å². The molecule has 3 aromatic rings. The molecule has 1 unspecified atom stereocenters. The van der Waals surface area contributed by atoms with Crippen LogP contribution in [-0.4, -0.2) is 29.1 Å². The van der Waals surface area contributed by atoms with E-state index in [1.165, 1.54) is 0 Å². The molecule has 7 heteroatoms. The van der Waals surface area contributed by atoms with Gasteiger partial charge in [0.25, 0.3) is 0 Å². The standard InChI is InChI=1S/C25H29NO4S2/c1-18-10-12-24(13-11-18)31(27,28)17-23(22-8-6-5-7-9-22)16-26-32(29,30)25-20(3)14-19(2)15-21(25)4/h5-15,23,26H,16-17H2,1-4H3. The van der Waals surface area contributed by atoms with E-state index in [4.69, 9.17) is 0 Å². The van der Waals surface area contributed by atoms with Crippen LogP contribution in [-0.2, 0) is 19.9 Å². The van der Waals surface area contributed by atoms with Crippen LogP contribution in [0.15, 0.2) is 76.5 Å². The molecule has 0 radical (unpaired) electrons. The molecule has 0 saturated carbocycles. The first-order valence-corrected chi connectivity index (χ1v) is 13.5. The molecule has 3 aromatic carbocycles. The van der Waals surface area contributed by atoms with Gasteiger partial charge in [0.05, 0.1) is 15.5 Å². The van der Waals surface area contributed by atoms with Crippen LogP contribution >= 0.6 is 0 Å². The number of sulfone groups is 1. The average molecular weight is 472 g/mol. The molecule has 5 nitrogen and oxygen atoms in total. The van der Waals surface area contributed by atoms with E-state index < -0.39 is 25.8 Å². The number of nitrogens with one attached hydrogen (secondary N) is 1. The van der Waals surface area contributed by atoms with Crippen LogP contribution in [0.4, 0.5) is 0 Å². The van der Waals surface area contributed by atoms with Crippen molar-refractivity contribution in [2.24, 2.45) is 0 Å². The smallest absolute Gasteiger partial charge is 0.224 e. The summed E-state index contributed by atoms with van der Waals surface area (Å²) in [4.78, 5) is 0.480. The largest absolute Gasteiger partial charge is 0.241 e. The molecule has 0 aromatic heterocycles. The maximum Gasteiger partial charge on any atom is 0.241 e. The van der Waals surface area contributed by atoms with Crippen LogP contribution in [0.5, 0.6) is 0 Å². The van der Waals surface area contributed by atoms with E-state index in [1.54, 1.807) is 38.1 Å². The van der Waals surface area contributed by atoms with Crippen LogP contribution in [0.2, 0.25) is 0 Å². The summed E-state index contributed by atoms with van der Waals surface area (Å²) in [5, 5.41) is 0. The highest BCUT2D eigenvalue weighted by molar-refractivity contribution is 7.91. The number of hydrogen-bond acceptors (Lipinski definition) is 4. The maximum absolute atomic E-state index is 13.1. The van der Waals surface area contributed by atoms with Gasteiger partial charge in [0.2, 0.25) is 10.0 Å². The fraction of sp³-hybridized carbons (Fsp3) is 0.280. The average Bonchev–Trinajstić information content (AvgIpc) is 2.71. The Labute approximate surface area is 191 Å². The summed E-state index contributed by atoms with van der Waals surface area (Å²) in [5.41, 5.74) is 4.06. The lowest BCUT2D eigenvalue weighted by atomic mass is 10.0. The summed E-state index contributed by atoms with van der Waals surface area (Å²) < 4.78 is 55.1. The number of sulfonamides is 1. The Balaban J connectivity index is 1.90. The number of rotatable bonds is 8. The van der Waals surface area contributed by atoms with Gasteiger partial charge in [-0.05, 0) is 56.5 Å². The summed E-state index contributed by atoms with van der Waals surface area (Å²) in [6, 6.07) is 19.5. The highest BCUT2D eigenvalue weighted by atomic mass is 32.2. The lowest BCUT2D eigenvalue weighted by Crippen LogP contribution is -2.32. The molecule has 0 saturated heterocycles. The first kappa shape index (κ1) is 24.2. The van der Waals surface area contributed by atoms with Crippen molar-refractivity contribution in [3.8, 4) is 0 Å². The molecule has 32 heavy (non-hydrogen) atoms. The summed E-state index contributed by atoms with van der Waals surface area (Å²) in [7, 11) is -7.43. The van der Waals surface area contributed by atoms with Crippen molar-refractivity contribution in [1.29, 1.82) is 0 Å². The second-order valence-electron chi connectivity index (χ2n) is 8.28. The SMILES string of the molecule is Cc1ccc(S(=O)(=O)CC(CNS(=O)(=O)c2c(C)cc(C)cc2C)c2ccccc2)cc1. The summed E-state index contributed by atoms with van der Waals surface area (Å²) >= 11 is 0. The van der Waals surface area contributed by atoms with Gasteiger partial charge in [-0.25, -0.2) is 21.6 Å². The van der Waals surface area contributed by atoms with Crippen molar-refractivity contribution in [2.45, 2.75) is 43.4 Å². The van der Waals surface area contributed by atoms with Crippen LogP contribution in [0.25, 0.3) is 0 Å². The Morgan fingerprint density at radius 3 is 1.88 bits per heavy atom. The number of aryl methyl sites for hydroxylation is 4. The van der Waals surface area contributed by atoms with E-state index >= 15 is 0 Å². The third-order valence-corrected chi connectivity index (χ3v) is 9.02. The third kappa shape index (κ3) is 5.65. The van der Waals surface area contributed by atoms with Gasteiger partial charge in [-0.1, -0.05) is 65.7 Å². The molecule has 1 atom stereocenters. The second kappa shape index (κ2) is 9.57. The molecule has 170 valence electrons. The van der Waals surface area contributed by atoms with Crippen LogP contribution in [0.3, 0.4) is 0 Å². The van der Waals surface area contributed by atoms with Crippen molar-refractivity contribution >= 4 is 19.9 Å². The quantitative estimate of drug-likeness (QED) is 0.526. The molecule has 0 amide bonds. The van der Waals surface area contributed by atoms with Gasteiger partial charge >= 0.3 is 0 Å². The third-order valence-electron chi connectivity index (χ3n) is 5.46. The van der Waals surface area contributed by atoms with Gasteiger partial charge in [-0.2, -0.15) is 0 Å². The van der Waals surface area contributed by atoms with E-state index in [2.05, 4.69) is 4.72 Å². The van der Waals surface area contributed by atoms with Crippen LogP contribution < -0.4 is 4.72 Å². The van der Waals surface area contributed by atoms with Gasteiger partial charge in [-0.15, -0.1) is 0 Å². The van der Waals surface area contributed by atoms with Gasteiger partial charge in [0, 0.05) is 12.5 Å². The molecule has 0 heterocycles. The van der Waals surface area contributed by atoms with Crippen LogP contribution in [0.1, 0.15) is 33.7 Å². The molecule has 3 rings (SSSR count). The van der Waals surface area contributed by atoms with E-state index in [0.717, 1.165) is 16.7 Å². The van der Waals surface area contributed by atoms with E-state index in [0.29, 0.717) is 11.1 Å². The second-order valence-corrected chi connectivity index (χ2v) is 12.0. The Morgan fingerprint density at radius 1 is 0.750 bits per heavy atom. The fourth-order valence-corrected chi connectivity index (χ4v) is 7.09. The first-order chi connectivity index (χ1) is 15.0. The van der Waals surface area contributed by atoms with Gasteiger partial charge < -0.3 is 0 Å². The summed E-state index contributed by atoms with van der Waals surface area (Å²) in [6.07, 6.45) is 0. The van der Waals surface area contributed by atoms with Gasteiger partial charge in [0.15, 0.2) is 9.84 Å². The van der Waals surface area contributed by atoms with Crippen molar-refractivity contribution in [1.82, 2.24) is 4.72 Å². The Kier molecular flexibility index (Phi) is 7.22. The molecule has 0 spiro atoms. The minimum atomic E-state index is -3.81. The molecular weight excluding hydrogens is 442 g/mol. The molecule has 0 aliphatic heterocycles. The number of hydrogen-bond donors (Lipinski definition) is 1. The van der Waals surface area contributed by atoms with Crippen molar-refractivity contribution in [3.05, 3.63) is 94.5 Å². The topological polar surface area (TPSA) is 80.3 Å². The first-order valence-electron chi connectivity index (χ1n) is 10.4. The zero-order valence-corrected chi connectivity index (χ0v) is 20.4. The van der Waals surface area contributed by atoms with Crippen molar-refractivity contribution < 1.29 is 16.8 Å². The van der Waals surface area contributed by atoms with Gasteiger partial charge in [-0.3, -0.25) is 0 Å². The van der Waals surface area contributed by atoms with Gasteiger partial charge in [0.1, 0.15) is 0 Å². The Hall–Kier alpha value is -2.48. The fourth-order valence-electron chi connectivity index (χ4n) is 3.98. The maximum atomic E-state index is 13.1. The number of benzene rings is 3.